The lowest BCUT2D eigenvalue weighted by Crippen LogP contribution is -2.18. The molecule has 4 nitrogen and oxygen atoms in total. The Kier molecular flexibility index (Phi) is 4.45. The molecule has 1 fully saturated rings. The van der Waals surface area contributed by atoms with Crippen molar-refractivity contribution in [3.63, 3.8) is 0 Å². The molecule has 0 radical (unpaired) electrons. The van der Waals surface area contributed by atoms with E-state index in [1.54, 1.807) is 0 Å². The van der Waals surface area contributed by atoms with Gasteiger partial charge >= 0.3 is 0 Å². The van der Waals surface area contributed by atoms with Crippen LogP contribution in [0.3, 0.4) is 0 Å². The number of hydrogen-bond acceptors (Lipinski definition) is 3. The van der Waals surface area contributed by atoms with E-state index in [1.165, 1.54) is 18.1 Å². The summed E-state index contributed by atoms with van der Waals surface area (Å²) in [7, 11) is 2.03. The number of aliphatic hydroxyl groups excluding tert-OH is 1. The molecule has 0 aliphatic heterocycles. The molecule has 2 rings (SSSR count). The third-order valence-electron chi connectivity index (χ3n) is 4.27. The predicted octanol–water partition coefficient (Wildman–Crippen LogP) is 2.64. The van der Waals surface area contributed by atoms with Crippen LogP contribution in [0.1, 0.15) is 48.6 Å². The van der Waals surface area contributed by atoms with E-state index in [4.69, 9.17) is 11.1 Å². The summed E-state index contributed by atoms with van der Waals surface area (Å²) in [5, 5.41) is 17.1. The smallest absolute Gasteiger partial charge is 0.0540 e. The molecule has 0 spiro atoms. The van der Waals surface area contributed by atoms with Gasteiger partial charge in [-0.1, -0.05) is 6.58 Å². The normalized spacial score (nSPS) is 23.6. The molecule has 1 saturated carbocycles. The highest BCUT2D eigenvalue weighted by molar-refractivity contribution is 6.09. The Morgan fingerprint density at radius 1 is 1.45 bits per heavy atom. The molecule has 1 aliphatic rings. The van der Waals surface area contributed by atoms with Crippen molar-refractivity contribution in [2.24, 2.45) is 12.8 Å². The standard InChI is InChI=1S/C16H23N3O/c1-3-15-14(12(9-17)10-18)8-16(19(15)2)11-4-6-13(20)7-5-11/h3,8-11,13,17,20H,1,4-7,18H2,2H3/b12-10+,17-9?/t11-,13-. The lowest BCUT2D eigenvalue weighted by molar-refractivity contribution is 0.121. The van der Waals surface area contributed by atoms with Crippen molar-refractivity contribution in [2.45, 2.75) is 37.7 Å². The zero-order valence-corrected chi connectivity index (χ0v) is 12.0. The number of nitrogens with zero attached hydrogens (tertiary/aromatic N) is 1. The Labute approximate surface area is 120 Å². The van der Waals surface area contributed by atoms with Crippen LogP contribution in [0, 0.1) is 5.41 Å². The van der Waals surface area contributed by atoms with Gasteiger partial charge in [0, 0.05) is 42.0 Å². The van der Waals surface area contributed by atoms with Crippen LogP contribution in [0.15, 0.2) is 18.8 Å². The van der Waals surface area contributed by atoms with Gasteiger partial charge in [0.1, 0.15) is 0 Å². The number of hydrogen-bond donors (Lipinski definition) is 3. The maximum Gasteiger partial charge on any atom is 0.0540 e. The molecule has 0 unspecified atom stereocenters. The first kappa shape index (κ1) is 14.6. The van der Waals surface area contributed by atoms with Gasteiger partial charge in [0.05, 0.1) is 6.10 Å². The zero-order valence-electron chi connectivity index (χ0n) is 12.0. The lowest BCUT2D eigenvalue weighted by Gasteiger charge is -2.26. The summed E-state index contributed by atoms with van der Waals surface area (Å²) in [6.45, 7) is 3.87. The molecule has 1 aromatic rings. The number of aliphatic hydroxyl groups is 1. The Hall–Kier alpha value is -1.81. The molecular formula is C16H23N3O. The van der Waals surface area contributed by atoms with Crippen molar-refractivity contribution in [2.75, 3.05) is 0 Å². The summed E-state index contributed by atoms with van der Waals surface area (Å²) in [5.74, 6) is 0.459. The number of allylic oxidation sites excluding steroid dienone is 1. The molecule has 0 aromatic carbocycles. The maximum atomic E-state index is 9.64. The Bertz CT molecular complexity index is 534. The molecule has 0 atom stereocenters. The Morgan fingerprint density at radius 2 is 2.10 bits per heavy atom. The molecule has 108 valence electrons. The number of aromatic nitrogens is 1. The largest absolute Gasteiger partial charge is 0.404 e. The monoisotopic (exact) mass is 273 g/mol. The van der Waals surface area contributed by atoms with Crippen LogP contribution in [0.25, 0.3) is 11.6 Å². The number of nitrogens with one attached hydrogen (secondary N) is 1. The summed E-state index contributed by atoms with van der Waals surface area (Å²) in [6, 6.07) is 2.11. The number of nitrogens with two attached hydrogens (primary N) is 1. The van der Waals surface area contributed by atoms with Crippen LogP contribution in [-0.2, 0) is 7.05 Å². The third-order valence-corrected chi connectivity index (χ3v) is 4.27. The van der Waals surface area contributed by atoms with Gasteiger partial charge in [0.25, 0.3) is 0 Å². The van der Waals surface area contributed by atoms with Gasteiger partial charge in [-0.05, 0) is 43.7 Å². The fourth-order valence-electron chi connectivity index (χ4n) is 3.10. The Morgan fingerprint density at radius 3 is 2.60 bits per heavy atom. The molecule has 4 heteroatoms. The van der Waals surface area contributed by atoms with Crippen molar-refractivity contribution in [1.29, 1.82) is 5.41 Å². The summed E-state index contributed by atoms with van der Waals surface area (Å²) in [5.41, 5.74) is 9.50. The van der Waals surface area contributed by atoms with Crippen LogP contribution in [0.4, 0.5) is 0 Å². The highest BCUT2D eigenvalue weighted by Gasteiger charge is 2.24. The van der Waals surface area contributed by atoms with Gasteiger partial charge in [0.15, 0.2) is 0 Å². The van der Waals surface area contributed by atoms with Crippen LogP contribution in [0.2, 0.25) is 0 Å². The van der Waals surface area contributed by atoms with Gasteiger partial charge in [-0.15, -0.1) is 0 Å². The molecule has 0 bridgehead atoms. The van der Waals surface area contributed by atoms with Crippen molar-refractivity contribution in [1.82, 2.24) is 4.57 Å². The fraction of sp³-hybridized carbons (Fsp3) is 0.438. The first-order valence-electron chi connectivity index (χ1n) is 7.05. The van der Waals surface area contributed by atoms with Gasteiger partial charge in [-0.25, -0.2) is 0 Å². The minimum atomic E-state index is -0.147. The van der Waals surface area contributed by atoms with E-state index in [0.29, 0.717) is 11.5 Å². The van der Waals surface area contributed by atoms with E-state index in [9.17, 15) is 5.11 Å². The second-order valence-electron chi connectivity index (χ2n) is 5.40. The Balaban J connectivity index is 2.40. The molecule has 1 heterocycles. The highest BCUT2D eigenvalue weighted by atomic mass is 16.3. The third kappa shape index (κ3) is 2.56. The first-order valence-corrected chi connectivity index (χ1v) is 7.05. The first-order chi connectivity index (χ1) is 9.62. The molecule has 4 N–H and O–H groups in total. The molecule has 1 aliphatic carbocycles. The summed E-state index contributed by atoms with van der Waals surface area (Å²) in [4.78, 5) is 0. The number of rotatable bonds is 4. The quantitative estimate of drug-likeness (QED) is 0.738. The molecular weight excluding hydrogens is 250 g/mol. The summed E-state index contributed by atoms with van der Waals surface area (Å²) in [6.07, 6.45) is 8.12. The van der Waals surface area contributed by atoms with Crippen LogP contribution >= 0.6 is 0 Å². The van der Waals surface area contributed by atoms with E-state index in [0.717, 1.165) is 36.9 Å². The minimum absolute atomic E-state index is 0.147. The summed E-state index contributed by atoms with van der Waals surface area (Å²) >= 11 is 0. The SMILES string of the molecule is C=Cc1c(/C(C=N)=C/N)cc([C@H]2CC[C@H](O)CC2)n1C. The van der Waals surface area contributed by atoms with E-state index in [1.807, 2.05) is 13.1 Å². The fourth-order valence-corrected chi connectivity index (χ4v) is 3.10. The molecule has 1 aromatic heterocycles. The van der Waals surface area contributed by atoms with Gasteiger partial charge < -0.3 is 20.8 Å². The van der Waals surface area contributed by atoms with Gasteiger partial charge in [-0.2, -0.15) is 0 Å². The summed E-state index contributed by atoms with van der Waals surface area (Å²) < 4.78 is 2.14. The van der Waals surface area contributed by atoms with Crippen molar-refractivity contribution in [3.05, 3.63) is 35.8 Å². The predicted molar refractivity (Wildman–Crippen MR) is 83.7 cm³/mol. The van der Waals surface area contributed by atoms with Crippen LogP contribution in [0.5, 0.6) is 0 Å². The lowest BCUT2D eigenvalue weighted by atomic mass is 9.85. The average molecular weight is 273 g/mol. The van der Waals surface area contributed by atoms with Crippen molar-refractivity contribution in [3.8, 4) is 0 Å². The maximum absolute atomic E-state index is 9.64. The molecule has 0 amide bonds. The second-order valence-corrected chi connectivity index (χ2v) is 5.40. The second kappa shape index (κ2) is 6.09. The van der Waals surface area contributed by atoms with E-state index >= 15 is 0 Å². The van der Waals surface area contributed by atoms with E-state index in [2.05, 4.69) is 17.2 Å². The highest BCUT2D eigenvalue weighted by Crippen LogP contribution is 2.36. The van der Waals surface area contributed by atoms with Crippen LogP contribution in [-0.4, -0.2) is 22.0 Å². The minimum Gasteiger partial charge on any atom is -0.404 e. The van der Waals surface area contributed by atoms with E-state index < -0.39 is 0 Å². The molecule has 20 heavy (non-hydrogen) atoms. The van der Waals surface area contributed by atoms with Gasteiger partial charge in [0.2, 0.25) is 0 Å². The van der Waals surface area contributed by atoms with Gasteiger partial charge in [-0.3, -0.25) is 0 Å². The van der Waals surface area contributed by atoms with E-state index in [-0.39, 0.29) is 6.10 Å². The van der Waals surface area contributed by atoms with Crippen molar-refractivity contribution < 1.29 is 5.11 Å². The average Bonchev–Trinajstić information content (AvgIpc) is 2.78. The van der Waals surface area contributed by atoms with Crippen molar-refractivity contribution >= 4 is 17.9 Å². The topological polar surface area (TPSA) is 75.0 Å². The zero-order chi connectivity index (χ0) is 14.7. The van der Waals surface area contributed by atoms with Crippen LogP contribution < -0.4 is 5.73 Å². The molecule has 0 saturated heterocycles.